The number of hydrogen-bond acceptors (Lipinski definition) is 4. The van der Waals surface area contributed by atoms with E-state index in [9.17, 15) is 9.59 Å². The number of esters is 1. The van der Waals surface area contributed by atoms with Crippen molar-refractivity contribution in [3.8, 4) is 6.07 Å². The van der Waals surface area contributed by atoms with Gasteiger partial charge in [0.25, 0.3) is 0 Å². The Morgan fingerprint density at radius 1 is 1.07 bits per heavy atom. The predicted octanol–water partition coefficient (Wildman–Crippen LogP) is 3.81. The molecule has 29 heavy (non-hydrogen) atoms. The smallest absolute Gasteiger partial charge is 0.329 e. The van der Waals surface area contributed by atoms with Crippen LogP contribution in [0.1, 0.15) is 62.5 Å². The second-order valence-electron chi connectivity index (χ2n) is 9.77. The van der Waals surface area contributed by atoms with E-state index in [-0.39, 0.29) is 23.9 Å². The molecule has 5 aliphatic rings. The zero-order valence-electron chi connectivity index (χ0n) is 16.8. The molecule has 4 aliphatic carbocycles. The summed E-state index contributed by atoms with van der Waals surface area (Å²) in [7, 11) is 0. The number of carbonyl (C=O) groups excluding carboxylic acids is 2. The van der Waals surface area contributed by atoms with Crippen LogP contribution in [0, 0.1) is 34.5 Å². The molecule has 152 valence electrons. The molecule has 1 atom stereocenters. The molecule has 0 spiro atoms. The Balaban J connectivity index is 1.25. The molecule has 4 saturated carbocycles. The maximum atomic E-state index is 13.6. The minimum atomic E-state index is -0.436. The highest BCUT2D eigenvalue weighted by Crippen LogP contribution is 2.60. The van der Waals surface area contributed by atoms with Gasteiger partial charge in [-0.25, -0.2) is 4.79 Å². The van der Waals surface area contributed by atoms with Gasteiger partial charge in [-0.3, -0.25) is 4.79 Å². The van der Waals surface area contributed by atoms with E-state index < -0.39 is 6.04 Å². The largest absolute Gasteiger partial charge is 0.459 e. The van der Waals surface area contributed by atoms with Gasteiger partial charge in [0.15, 0.2) is 0 Å². The first-order valence-corrected chi connectivity index (χ1v) is 11.0. The van der Waals surface area contributed by atoms with Gasteiger partial charge in [0.05, 0.1) is 17.0 Å². The Morgan fingerprint density at radius 3 is 2.28 bits per heavy atom. The van der Waals surface area contributed by atoms with E-state index in [2.05, 4.69) is 6.07 Å². The van der Waals surface area contributed by atoms with Crippen LogP contribution in [0.25, 0.3) is 0 Å². The third-order valence-electron chi connectivity index (χ3n) is 7.74. The zero-order chi connectivity index (χ0) is 20.0. The quantitative estimate of drug-likeness (QED) is 0.731. The first-order valence-electron chi connectivity index (χ1n) is 11.0. The van der Waals surface area contributed by atoms with Gasteiger partial charge in [0.1, 0.15) is 12.6 Å². The molecule has 0 N–H and O–H groups in total. The van der Waals surface area contributed by atoms with Crippen LogP contribution in [-0.4, -0.2) is 29.4 Å². The van der Waals surface area contributed by atoms with E-state index >= 15 is 0 Å². The molecule has 5 heteroatoms. The summed E-state index contributed by atoms with van der Waals surface area (Å²) in [6.07, 6.45) is 8.58. The van der Waals surface area contributed by atoms with Gasteiger partial charge in [0, 0.05) is 6.54 Å². The van der Waals surface area contributed by atoms with E-state index in [0.29, 0.717) is 18.5 Å². The highest BCUT2D eigenvalue weighted by atomic mass is 16.5. The molecule has 1 aromatic carbocycles. The third kappa shape index (κ3) is 3.33. The van der Waals surface area contributed by atoms with Gasteiger partial charge in [-0.1, -0.05) is 12.1 Å². The summed E-state index contributed by atoms with van der Waals surface area (Å²) in [6, 6.07) is 8.70. The van der Waals surface area contributed by atoms with Crippen molar-refractivity contribution in [1.82, 2.24) is 4.90 Å². The summed E-state index contributed by atoms with van der Waals surface area (Å²) in [5, 5.41) is 8.89. The molecule has 5 nitrogen and oxygen atoms in total. The zero-order valence-corrected chi connectivity index (χ0v) is 16.8. The average molecular weight is 392 g/mol. The lowest BCUT2D eigenvalue weighted by Crippen LogP contribution is -2.56. The molecule has 1 amide bonds. The van der Waals surface area contributed by atoms with Crippen molar-refractivity contribution in [2.24, 2.45) is 23.2 Å². The number of ether oxygens (including phenoxy) is 1. The van der Waals surface area contributed by atoms with Crippen molar-refractivity contribution in [3.05, 3.63) is 35.4 Å². The highest BCUT2D eigenvalue weighted by Gasteiger charge is 2.56. The van der Waals surface area contributed by atoms with Crippen LogP contribution < -0.4 is 0 Å². The lowest BCUT2D eigenvalue weighted by Gasteiger charge is -2.56. The highest BCUT2D eigenvalue weighted by molar-refractivity contribution is 5.89. The standard InChI is InChI=1S/C24H28N2O3/c25-14-16-3-5-17(6-4-16)15-29-22(27)21-2-1-7-26(21)23(28)24-11-18-8-19(12-24)10-20(9-18)13-24/h3-6,18-21H,1-2,7-13,15H2. The van der Waals surface area contributed by atoms with Gasteiger partial charge >= 0.3 is 5.97 Å². The molecular formula is C24H28N2O3. The maximum Gasteiger partial charge on any atom is 0.329 e. The van der Waals surface area contributed by atoms with Crippen LogP contribution in [0.15, 0.2) is 24.3 Å². The van der Waals surface area contributed by atoms with Crippen LogP contribution in [0.2, 0.25) is 0 Å². The number of carbonyl (C=O) groups is 2. The van der Waals surface area contributed by atoms with E-state index in [1.54, 1.807) is 24.3 Å². The van der Waals surface area contributed by atoms with Crippen molar-refractivity contribution in [2.75, 3.05) is 6.54 Å². The van der Waals surface area contributed by atoms with Gasteiger partial charge in [-0.2, -0.15) is 5.26 Å². The number of amides is 1. The van der Waals surface area contributed by atoms with E-state index in [0.717, 1.165) is 49.0 Å². The molecule has 1 saturated heterocycles. The molecule has 1 unspecified atom stereocenters. The van der Waals surface area contributed by atoms with Crippen molar-refractivity contribution >= 4 is 11.9 Å². The normalized spacial score (nSPS) is 34.8. The summed E-state index contributed by atoms with van der Waals surface area (Å²) in [6.45, 7) is 0.859. The number of hydrogen-bond donors (Lipinski definition) is 0. The molecule has 0 radical (unpaired) electrons. The second kappa shape index (κ2) is 7.16. The van der Waals surface area contributed by atoms with Crippen LogP contribution in [0.3, 0.4) is 0 Å². The Kier molecular flexibility index (Phi) is 4.61. The van der Waals surface area contributed by atoms with Crippen LogP contribution >= 0.6 is 0 Å². The van der Waals surface area contributed by atoms with E-state index in [1.807, 2.05) is 4.90 Å². The fraction of sp³-hybridized carbons (Fsp3) is 0.625. The molecule has 6 rings (SSSR count). The van der Waals surface area contributed by atoms with Crippen molar-refractivity contribution < 1.29 is 14.3 Å². The van der Waals surface area contributed by atoms with Gasteiger partial charge in [-0.05, 0) is 86.8 Å². The Morgan fingerprint density at radius 2 is 1.69 bits per heavy atom. The number of nitriles is 1. The lowest BCUT2D eigenvalue weighted by atomic mass is 9.49. The van der Waals surface area contributed by atoms with Crippen molar-refractivity contribution in [2.45, 2.75) is 64.0 Å². The monoisotopic (exact) mass is 392 g/mol. The minimum Gasteiger partial charge on any atom is -0.459 e. The van der Waals surface area contributed by atoms with E-state index in [4.69, 9.17) is 10.00 Å². The summed E-state index contributed by atoms with van der Waals surface area (Å²) in [5.41, 5.74) is 1.24. The van der Waals surface area contributed by atoms with Crippen molar-refractivity contribution in [3.63, 3.8) is 0 Å². The number of likely N-dealkylation sites (tertiary alicyclic amines) is 1. The first kappa shape index (κ1) is 18.7. The molecule has 1 aromatic rings. The fourth-order valence-corrected chi connectivity index (χ4v) is 6.86. The van der Waals surface area contributed by atoms with E-state index in [1.165, 1.54) is 19.3 Å². The maximum absolute atomic E-state index is 13.6. The fourth-order valence-electron chi connectivity index (χ4n) is 6.86. The molecule has 4 bridgehead atoms. The van der Waals surface area contributed by atoms with Gasteiger partial charge in [-0.15, -0.1) is 0 Å². The summed E-state index contributed by atoms with van der Waals surface area (Å²) in [5.74, 6) is 2.10. The molecule has 1 aliphatic heterocycles. The Hall–Kier alpha value is -2.35. The second-order valence-corrected chi connectivity index (χ2v) is 9.77. The Bertz CT molecular complexity index is 819. The third-order valence-corrected chi connectivity index (χ3v) is 7.74. The van der Waals surface area contributed by atoms with Gasteiger partial charge < -0.3 is 9.64 Å². The molecule has 0 aromatic heterocycles. The van der Waals surface area contributed by atoms with Crippen LogP contribution in [0.5, 0.6) is 0 Å². The summed E-state index contributed by atoms with van der Waals surface area (Å²) in [4.78, 5) is 28.3. The summed E-state index contributed by atoms with van der Waals surface area (Å²) < 4.78 is 5.57. The SMILES string of the molecule is N#Cc1ccc(COC(=O)C2CCCN2C(=O)C23CC4CC(CC(C4)C2)C3)cc1. The van der Waals surface area contributed by atoms with Crippen LogP contribution in [-0.2, 0) is 20.9 Å². The first-order chi connectivity index (χ1) is 14.1. The predicted molar refractivity (Wildman–Crippen MR) is 106 cm³/mol. The molecular weight excluding hydrogens is 364 g/mol. The van der Waals surface area contributed by atoms with Crippen LogP contribution in [0.4, 0.5) is 0 Å². The van der Waals surface area contributed by atoms with Gasteiger partial charge in [0.2, 0.25) is 5.91 Å². The number of nitrogens with zero attached hydrogens (tertiary/aromatic N) is 2. The average Bonchev–Trinajstić information content (AvgIpc) is 3.20. The summed E-state index contributed by atoms with van der Waals surface area (Å²) >= 11 is 0. The number of rotatable bonds is 4. The molecule has 5 fully saturated rings. The number of benzene rings is 1. The minimum absolute atomic E-state index is 0.181. The van der Waals surface area contributed by atoms with Crippen molar-refractivity contribution in [1.29, 1.82) is 5.26 Å². The lowest BCUT2D eigenvalue weighted by molar-refractivity contribution is -0.166. The Labute approximate surface area is 172 Å². The molecule has 1 heterocycles. The topological polar surface area (TPSA) is 70.4 Å².